The topological polar surface area (TPSA) is 148 Å². The van der Waals surface area contributed by atoms with E-state index in [0.29, 0.717) is 12.8 Å². The second kappa shape index (κ2) is 9.10. The highest BCUT2D eigenvalue weighted by Gasteiger charge is 2.38. The number of amides is 1. The maximum Gasteiger partial charge on any atom is 0.282 e. The molecule has 0 spiro atoms. The summed E-state index contributed by atoms with van der Waals surface area (Å²) in [5, 5.41) is 19.5. The van der Waals surface area contributed by atoms with Gasteiger partial charge in [0.25, 0.3) is 11.5 Å². The minimum absolute atomic E-state index is 0.0406. The van der Waals surface area contributed by atoms with E-state index in [0.717, 1.165) is 30.3 Å². The van der Waals surface area contributed by atoms with Gasteiger partial charge in [0.15, 0.2) is 0 Å². The number of hydrogen-bond donors (Lipinski definition) is 3. The molecular weight excluding hydrogens is 510 g/mol. The fraction of sp³-hybridized carbons (Fsp3) is 0.167. The number of rotatable bonds is 7. The molecule has 3 N–H and O–H groups in total. The van der Waals surface area contributed by atoms with Gasteiger partial charge < -0.3 is 20.0 Å². The molecule has 2 heterocycles. The van der Waals surface area contributed by atoms with E-state index >= 15 is 0 Å². The summed E-state index contributed by atoms with van der Waals surface area (Å²) in [4.78, 5) is 28.7. The first kappa shape index (κ1) is 24.6. The van der Waals surface area contributed by atoms with Crippen molar-refractivity contribution in [2.24, 2.45) is 0 Å². The van der Waals surface area contributed by atoms with Crippen LogP contribution in [0.2, 0.25) is 0 Å². The zero-order valence-corrected chi connectivity index (χ0v) is 19.8. The molecule has 37 heavy (non-hydrogen) atoms. The fourth-order valence-corrected chi connectivity index (χ4v) is 5.51. The number of pyridine rings is 1. The Morgan fingerprint density at radius 1 is 1.19 bits per heavy atom. The Morgan fingerprint density at radius 2 is 1.95 bits per heavy atom. The van der Waals surface area contributed by atoms with E-state index in [-0.39, 0.29) is 39.0 Å². The largest absolute Gasteiger partial charge is 0.733 e. The van der Waals surface area contributed by atoms with E-state index in [1.807, 2.05) is 4.72 Å². The lowest BCUT2D eigenvalue weighted by Crippen LogP contribution is -2.35. The summed E-state index contributed by atoms with van der Waals surface area (Å²) in [6.45, 7) is -0.424. The number of halogens is 2. The maximum atomic E-state index is 14.8. The van der Waals surface area contributed by atoms with Crippen molar-refractivity contribution in [3.8, 4) is 11.1 Å². The quantitative estimate of drug-likeness (QED) is 0.311. The highest BCUT2D eigenvalue weighted by molar-refractivity contribution is 7.91. The molecule has 4 aromatic rings. The van der Waals surface area contributed by atoms with Gasteiger partial charge in [-0.25, -0.2) is 21.9 Å². The van der Waals surface area contributed by atoms with Crippen LogP contribution in [-0.4, -0.2) is 34.3 Å². The van der Waals surface area contributed by atoms with Gasteiger partial charge in [-0.3, -0.25) is 14.8 Å². The Balaban J connectivity index is 1.79. The molecule has 2 aromatic carbocycles. The third-order valence-electron chi connectivity index (χ3n) is 6.10. The monoisotopic (exact) mass is 529 g/mol. The minimum atomic E-state index is -4.03. The number of fused-ring (bicyclic) bond motifs is 1. The number of aromatic nitrogens is 2. The van der Waals surface area contributed by atoms with Gasteiger partial charge in [-0.2, -0.15) is 0 Å². The van der Waals surface area contributed by atoms with Crippen molar-refractivity contribution in [1.82, 2.24) is 14.3 Å². The Morgan fingerprint density at radius 3 is 2.62 bits per heavy atom. The first-order chi connectivity index (χ1) is 17.6. The first-order valence-electron chi connectivity index (χ1n) is 11.1. The number of aromatic amines is 1. The summed E-state index contributed by atoms with van der Waals surface area (Å²) in [5.74, 6) is -2.57. The van der Waals surface area contributed by atoms with Gasteiger partial charge in [-0.05, 0) is 61.4 Å². The highest BCUT2D eigenvalue weighted by Crippen LogP contribution is 2.36. The van der Waals surface area contributed by atoms with Crippen LogP contribution < -0.4 is 15.5 Å². The SMILES string of the molecule is O=C(NS(=O)(=O)C1CC1)c1c(-c2ccc[nH]c2=O)c2cc(F)ccc2n1Cc1cc(N([O-])O)ccc1F. The molecule has 1 aliphatic rings. The smallest absolute Gasteiger partial charge is 0.282 e. The average molecular weight is 530 g/mol. The molecule has 1 aliphatic carbocycles. The van der Waals surface area contributed by atoms with Crippen molar-refractivity contribution in [3.63, 3.8) is 0 Å². The molecule has 192 valence electrons. The molecule has 1 fully saturated rings. The standard InChI is InChI=1S/C24H19F2N4O6S/c25-14-3-8-20-18(11-14)21(17-2-1-9-27-23(17)31)22(24(32)28-37(35,36)16-5-6-16)29(20)12-13-10-15(30(33)34)4-7-19(13)26/h1-4,7-11,16,33H,5-6,12H2,(H,27,31)(H,28,32)/q-1. The number of hydrogen-bond acceptors (Lipinski definition) is 7. The van der Waals surface area contributed by atoms with Gasteiger partial charge in [0.05, 0.1) is 17.5 Å². The van der Waals surface area contributed by atoms with Crippen molar-refractivity contribution >= 4 is 32.5 Å². The number of carbonyl (C=O) groups is 1. The molecule has 5 rings (SSSR count). The van der Waals surface area contributed by atoms with E-state index in [1.54, 1.807) is 0 Å². The number of H-pyrrole nitrogens is 1. The van der Waals surface area contributed by atoms with E-state index in [2.05, 4.69) is 4.98 Å². The predicted octanol–water partition coefficient (Wildman–Crippen LogP) is 3.24. The Hall–Kier alpha value is -4.07. The van der Waals surface area contributed by atoms with Crippen LogP contribution in [0.4, 0.5) is 14.5 Å². The van der Waals surface area contributed by atoms with Crippen LogP contribution in [0.25, 0.3) is 22.0 Å². The Kier molecular flexibility index (Phi) is 6.06. The normalized spacial score (nSPS) is 13.6. The van der Waals surface area contributed by atoms with E-state index in [4.69, 9.17) is 0 Å². The van der Waals surface area contributed by atoms with Crippen molar-refractivity contribution in [3.05, 3.63) is 93.2 Å². The van der Waals surface area contributed by atoms with Gasteiger partial charge in [0.1, 0.15) is 17.3 Å². The van der Waals surface area contributed by atoms with Crippen LogP contribution in [0.5, 0.6) is 0 Å². The summed E-state index contributed by atoms with van der Waals surface area (Å²) in [5.41, 5.74) is -1.27. The van der Waals surface area contributed by atoms with E-state index in [1.165, 1.54) is 29.0 Å². The van der Waals surface area contributed by atoms with Crippen molar-refractivity contribution < 1.29 is 27.2 Å². The Labute approximate surface area is 208 Å². The van der Waals surface area contributed by atoms with E-state index in [9.17, 15) is 37.2 Å². The fourth-order valence-electron chi connectivity index (χ4n) is 4.23. The van der Waals surface area contributed by atoms with Gasteiger partial charge in [0, 0.05) is 33.8 Å². The summed E-state index contributed by atoms with van der Waals surface area (Å²) < 4.78 is 57.6. The van der Waals surface area contributed by atoms with Crippen LogP contribution >= 0.6 is 0 Å². The molecule has 0 atom stereocenters. The average Bonchev–Trinajstić information content (AvgIpc) is 3.65. The number of anilines is 1. The van der Waals surface area contributed by atoms with Gasteiger partial charge in [-0.1, -0.05) is 0 Å². The minimum Gasteiger partial charge on any atom is -0.733 e. The second-order valence-corrected chi connectivity index (χ2v) is 10.6. The molecule has 10 nitrogen and oxygen atoms in total. The number of nitrogens with one attached hydrogen (secondary N) is 2. The molecular formula is C24H19F2N4O6S-. The third kappa shape index (κ3) is 4.59. The Bertz CT molecular complexity index is 1710. The molecule has 2 aromatic heterocycles. The van der Waals surface area contributed by atoms with Crippen LogP contribution in [0.1, 0.15) is 28.9 Å². The number of sulfonamides is 1. The molecule has 0 unspecified atom stereocenters. The summed E-state index contributed by atoms with van der Waals surface area (Å²) >= 11 is 0. The van der Waals surface area contributed by atoms with Crippen LogP contribution in [0, 0.1) is 16.8 Å². The number of benzene rings is 2. The molecule has 0 radical (unpaired) electrons. The number of nitrogens with zero attached hydrogens (tertiary/aromatic N) is 2. The van der Waals surface area contributed by atoms with Crippen LogP contribution in [-0.2, 0) is 16.6 Å². The van der Waals surface area contributed by atoms with Crippen molar-refractivity contribution in [2.45, 2.75) is 24.6 Å². The van der Waals surface area contributed by atoms with Crippen molar-refractivity contribution in [1.29, 1.82) is 0 Å². The zero-order valence-electron chi connectivity index (χ0n) is 18.9. The van der Waals surface area contributed by atoms with E-state index < -0.39 is 50.1 Å². The summed E-state index contributed by atoms with van der Waals surface area (Å²) in [6, 6.07) is 9.39. The van der Waals surface area contributed by atoms with Crippen LogP contribution in [0.15, 0.2) is 59.5 Å². The molecule has 0 bridgehead atoms. The number of carbonyl (C=O) groups excluding carboxylic acids is 1. The van der Waals surface area contributed by atoms with Gasteiger partial charge in [-0.15, -0.1) is 0 Å². The summed E-state index contributed by atoms with van der Waals surface area (Å²) in [6.07, 6.45) is 2.12. The maximum absolute atomic E-state index is 14.8. The third-order valence-corrected chi connectivity index (χ3v) is 7.92. The molecule has 13 heteroatoms. The molecule has 0 aliphatic heterocycles. The van der Waals surface area contributed by atoms with Crippen LogP contribution in [0.3, 0.4) is 0 Å². The zero-order chi connectivity index (χ0) is 26.5. The lowest BCUT2D eigenvalue weighted by molar-refractivity contribution is 0.0973. The van der Waals surface area contributed by atoms with Gasteiger partial charge >= 0.3 is 0 Å². The molecule has 0 saturated heterocycles. The lowest BCUT2D eigenvalue weighted by atomic mass is 10.0. The second-order valence-electron chi connectivity index (χ2n) is 8.61. The lowest BCUT2D eigenvalue weighted by Gasteiger charge is -2.22. The molecule has 1 amide bonds. The van der Waals surface area contributed by atoms with Crippen molar-refractivity contribution in [2.75, 3.05) is 5.23 Å². The van der Waals surface area contributed by atoms with Gasteiger partial charge in [0.2, 0.25) is 10.0 Å². The highest BCUT2D eigenvalue weighted by atomic mass is 32.2. The first-order valence-corrected chi connectivity index (χ1v) is 12.6. The summed E-state index contributed by atoms with van der Waals surface area (Å²) in [7, 11) is -4.03. The predicted molar refractivity (Wildman–Crippen MR) is 130 cm³/mol. The molecule has 1 saturated carbocycles.